The van der Waals surface area contributed by atoms with Gasteiger partial charge in [0.1, 0.15) is 5.25 Å². The van der Waals surface area contributed by atoms with E-state index < -0.39 is 5.25 Å². The van der Waals surface area contributed by atoms with Gasteiger partial charge in [-0.1, -0.05) is 61.2 Å². The van der Waals surface area contributed by atoms with Gasteiger partial charge >= 0.3 is 0 Å². The number of morpholine rings is 1. The van der Waals surface area contributed by atoms with Crippen LogP contribution in [0.5, 0.6) is 0 Å². The van der Waals surface area contributed by atoms with E-state index >= 15 is 0 Å². The number of amides is 1. The molecule has 3 heterocycles. The Hall–Kier alpha value is -3.17. The average molecular weight is 464 g/mol. The third-order valence-corrected chi connectivity index (χ3v) is 6.98. The zero-order valence-electron chi connectivity index (χ0n) is 18.4. The number of carbonyl (C=O) groups excluding carboxylic acids is 1. The van der Waals surface area contributed by atoms with Crippen molar-refractivity contribution in [3.63, 3.8) is 0 Å². The summed E-state index contributed by atoms with van der Waals surface area (Å²) in [5.41, 5.74) is 1.57. The van der Waals surface area contributed by atoms with Gasteiger partial charge in [0.2, 0.25) is 11.7 Å². The van der Waals surface area contributed by atoms with Crippen molar-refractivity contribution in [1.29, 1.82) is 0 Å². The number of ether oxygens (including phenoxy) is 1. The molecule has 9 heteroatoms. The monoisotopic (exact) mass is 463 g/mol. The average Bonchev–Trinajstić information content (AvgIpc) is 3.29. The van der Waals surface area contributed by atoms with Gasteiger partial charge in [-0.25, -0.2) is 0 Å². The number of aromatic nitrogens is 4. The Morgan fingerprint density at radius 2 is 1.79 bits per heavy atom. The molecular weight excluding hydrogens is 438 g/mol. The van der Waals surface area contributed by atoms with Crippen LogP contribution in [0, 0.1) is 0 Å². The number of thioether (sulfide) groups is 1. The van der Waals surface area contributed by atoms with Crippen LogP contribution in [0.2, 0.25) is 0 Å². The second kappa shape index (κ2) is 9.36. The quantitative estimate of drug-likeness (QED) is 0.409. The maximum Gasteiger partial charge on any atom is 0.262 e. The van der Waals surface area contributed by atoms with E-state index in [4.69, 9.17) is 4.74 Å². The summed E-state index contributed by atoms with van der Waals surface area (Å²) < 4.78 is 9.00. The molecule has 0 aliphatic carbocycles. The summed E-state index contributed by atoms with van der Waals surface area (Å²) in [6, 6.07) is 17.2. The second-order valence-electron chi connectivity index (χ2n) is 7.94. The van der Waals surface area contributed by atoms with Gasteiger partial charge in [-0.3, -0.25) is 18.6 Å². The molecule has 1 amide bonds. The molecule has 1 fully saturated rings. The van der Waals surface area contributed by atoms with Crippen molar-refractivity contribution < 1.29 is 9.53 Å². The van der Waals surface area contributed by atoms with Gasteiger partial charge in [-0.05, 0) is 24.1 Å². The zero-order chi connectivity index (χ0) is 22.8. The fraction of sp³-hybridized carbons (Fsp3) is 0.333. The minimum atomic E-state index is -0.484. The van der Waals surface area contributed by atoms with Gasteiger partial charge < -0.3 is 9.64 Å². The lowest BCUT2D eigenvalue weighted by molar-refractivity contribution is -0.134. The molecule has 0 N–H and O–H groups in total. The van der Waals surface area contributed by atoms with Gasteiger partial charge in [0, 0.05) is 19.6 Å². The highest BCUT2D eigenvalue weighted by Gasteiger charge is 2.30. The molecular formula is C24H25N5O3S. The van der Waals surface area contributed by atoms with E-state index in [1.807, 2.05) is 70.8 Å². The number of aryl methyl sites for hydroxylation is 1. The summed E-state index contributed by atoms with van der Waals surface area (Å²) in [6.07, 6.45) is 0.797. The van der Waals surface area contributed by atoms with E-state index in [1.165, 1.54) is 11.8 Å². The molecule has 33 heavy (non-hydrogen) atoms. The Morgan fingerprint density at radius 1 is 1.06 bits per heavy atom. The van der Waals surface area contributed by atoms with Crippen LogP contribution in [0.1, 0.15) is 24.2 Å². The fourth-order valence-corrected chi connectivity index (χ4v) is 5.31. The van der Waals surface area contributed by atoms with Crippen LogP contribution in [0.3, 0.4) is 0 Å². The summed E-state index contributed by atoms with van der Waals surface area (Å²) in [5.74, 6) is 0.520. The normalized spacial score (nSPS) is 15.2. The van der Waals surface area contributed by atoms with Gasteiger partial charge in [-0.2, -0.15) is 0 Å². The molecule has 5 rings (SSSR count). The maximum absolute atomic E-state index is 13.6. The first kappa shape index (κ1) is 21.7. The van der Waals surface area contributed by atoms with Crippen LogP contribution in [-0.2, 0) is 16.1 Å². The smallest absolute Gasteiger partial charge is 0.262 e. The number of benzene rings is 2. The molecule has 2 aromatic carbocycles. The van der Waals surface area contributed by atoms with E-state index in [9.17, 15) is 9.59 Å². The minimum Gasteiger partial charge on any atom is -0.378 e. The molecule has 1 atom stereocenters. The molecule has 1 unspecified atom stereocenters. The number of hydrogen-bond acceptors (Lipinski definition) is 6. The molecule has 1 saturated heterocycles. The standard InChI is InChI=1S/C24H25N5O3S/c1-2-12-28-21(30)18-10-6-7-11-19(18)29-23(28)25-26-24(29)33-20(17-8-4-3-5-9-17)22(31)27-13-15-32-16-14-27/h3-11,20H,2,12-16H2,1H3. The van der Waals surface area contributed by atoms with Crippen molar-refractivity contribution in [2.45, 2.75) is 30.3 Å². The third-order valence-electron chi connectivity index (χ3n) is 5.80. The number of hydrogen-bond donors (Lipinski definition) is 0. The predicted octanol–water partition coefficient (Wildman–Crippen LogP) is 3.15. The highest BCUT2D eigenvalue weighted by atomic mass is 32.2. The van der Waals surface area contributed by atoms with E-state index in [2.05, 4.69) is 10.2 Å². The molecule has 0 radical (unpaired) electrons. The van der Waals surface area contributed by atoms with Crippen molar-refractivity contribution in [2.24, 2.45) is 0 Å². The molecule has 170 valence electrons. The number of nitrogens with zero attached hydrogens (tertiary/aromatic N) is 5. The SMILES string of the molecule is CCCn1c(=O)c2ccccc2n2c(SC(C(=O)N3CCOCC3)c3ccccc3)nnc12. The van der Waals surface area contributed by atoms with Gasteiger partial charge in [0.15, 0.2) is 5.16 Å². The van der Waals surface area contributed by atoms with Crippen LogP contribution < -0.4 is 5.56 Å². The summed E-state index contributed by atoms with van der Waals surface area (Å²) >= 11 is 1.37. The molecule has 8 nitrogen and oxygen atoms in total. The summed E-state index contributed by atoms with van der Waals surface area (Å²) in [7, 11) is 0. The molecule has 1 aliphatic heterocycles. The van der Waals surface area contributed by atoms with Crippen LogP contribution in [0.25, 0.3) is 16.7 Å². The van der Waals surface area contributed by atoms with Crippen LogP contribution >= 0.6 is 11.8 Å². The summed E-state index contributed by atoms with van der Waals surface area (Å²) in [6.45, 7) is 4.80. The molecule has 1 aliphatic rings. The van der Waals surface area contributed by atoms with Crippen LogP contribution in [-0.4, -0.2) is 56.3 Å². The van der Waals surface area contributed by atoms with Gasteiger partial charge in [0.05, 0.1) is 24.1 Å². The Bertz CT molecular complexity index is 1340. The number of carbonyl (C=O) groups is 1. The molecule has 0 bridgehead atoms. The van der Waals surface area contributed by atoms with E-state index in [0.29, 0.717) is 49.2 Å². The second-order valence-corrected chi connectivity index (χ2v) is 9.01. The number of fused-ring (bicyclic) bond motifs is 3. The van der Waals surface area contributed by atoms with Crippen molar-refractivity contribution >= 4 is 34.3 Å². The zero-order valence-corrected chi connectivity index (χ0v) is 19.2. The predicted molar refractivity (Wildman–Crippen MR) is 127 cm³/mol. The first-order valence-corrected chi connectivity index (χ1v) is 12.0. The molecule has 0 saturated carbocycles. The van der Waals surface area contributed by atoms with E-state index in [0.717, 1.165) is 17.5 Å². The lowest BCUT2D eigenvalue weighted by atomic mass is 10.1. The van der Waals surface area contributed by atoms with Crippen molar-refractivity contribution in [1.82, 2.24) is 24.1 Å². The lowest BCUT2D eigenvalue weighted by Gasteiger charge is -2.30. The van der Waals surface area contributed by atoms with Crippen molar-refractivity contribution in [3.8, 4) is 0 Å². The van der Waals surface area contributed by atoms with E-state index in [1.54, 1.807) is 4.57 Å². The minimum absolute atomic E-state index is 0.0254. The van der Waals surface area contributed by atoms with E-state index in [-0.39, 0.29) is 11.5 Å². The Labute approximate surface area is 195 Å². The summed E-state index contributed by atoms with van der Waals surface area (Å²) in [4.78, 5) is 28.5. The number of rotatable bonds is 6. The Kier molecular flexibility index (Phi) is 6.15. The maximum atomic E-state index is 13.6. The van der Waals surface area contributed by atoms with Crippen LogP contribution in [0.4, 0.5) is 0 Å². The molecule has 2 aromatic heterocycles. The van der Waals surface area contributed by atoms with Crippen molar-refractivity contribution in [2.75, 3.05) is 26.3 Å². The lowest BCUT2D eigenvalue weighted by Crippen LogP contribution is -2.42. The number of para-hydroxylation sites is 1. The highest BCUT2D eigenvalue weighted by Crippen LogP contribution is 2.37. The Balaban J connectivity index is 1.64. The molecule has 4 aromatic rings. The summed E-state index contributed by atoms with van der Waals surface area (Å²) in [5, 5.41) is 9.53. The topological polar surface area (TPSA) is 81.7 Å². The van der Waals surface area contributed by atoms with Crippen LogP contribution in [0.15, 0.2) is 64.5 Å². The Morgan fingerprint density at radius 3 is 2.55 bits per heavy atom. The first-order valence-electron chi connectivity index (χ1n) is 11.1. The highest BCUT2D eigenvalue weighted by molar-refractivity contribution is 8.00. The molecule has 0 spiro atoms. The van der Waals surface area contributed by atoms with Gasteiger partial charge in [-0.15, -0.1) is 10.2 Å². The van der Waals surface area contributed by atoms with Crippen molar-refractivity contribution in [3.05, 3.63) is 70.5 Å². The fourth-order valence-electron chi connectivity index (χ4n) is 4.18. The van der Waals surface area contributed by atoms with Gasteiger partial charge in [0.25, 0.3) is 5.56 Å². The largest absolute Gasteiger partial charge is 0.378 e. The first-order chi connectivity index (χ1) is 16.2. The third kappa shape index (κ3) is 4.02.